The van der Waals surface area contributed by atoms with Gasteiger partial charge in [-0.05, 0) is 17.7 Å². The first-order valence-electron chi connectivity index (χ1n) is 9.29. The molecule has 1 fully saturated rings. The Morgan fingerprint density at radius 1 is 1.20 bits per heavy atom. The second-order valence-electron chi connectivity index (χ2n) is 7.26. The lowest BCUT2D eigenvalue weighted by Gasteiger charge is -2.43. The molecule has 0 spiro atoms. The van der Waals surface area contributed by atoms with Crippen LogP contribution in [0.15, 0.2) is 35.3 Å². The lowest BCUT2D eigenvalue weighted by molar-refractivity contribution is -0.126. The van der Waals surface area contributed by atoms with Crippen LogP contribution in [0.5, 0.6) is 5.75 Å². The molecule has 2 aromatic rings. The van der Waals surface area contributed by atoms with Crippen molar-refractivity contribution < 1.29 is 29.0 Å². The van der Waals surface area contributed by atoms with E-state index in [4.69, 9.17) is 0 Å². The molecule has 30 heavy (non-hydrogen) atoms. The van der Waals surface area contributed by atoms with E-state index in [1.807, 2.05) is 0 Å². The Morgan fingerprint density at radius 2 is 1.90 bits per heavy atom. The van der Waals surface area contributed by atoms with Crippen LogP contribution in [0.3, 0.4) is 0 Å². The highest BCUT2D eigenvalue weighted by molar-refractivity contribution is 6.00. The summed E-state index contributed by atoms with van der Waals surface area (Å²) < 4.78 is 13.9. The summed E-state index contributed by atoms with van der Waals surface area (Å²) in [4.78, 5) is 50.8. The highest BCUT2D eigenvalue weighted by atomic mass is 19.1. The van der Waals surface area contributed by atoms with Gasteiger partial charge in [0.25, 0.3) is 11.8 Å². The number of aliphatic hydroxyl groups excluding tert-OH is 1. The molecule has 2 aliphatic rings. The van der Waals surface area contributed by atoms with Crippen LogP contribution in [-0.2, 0) is 11.3 Å². The highest BCUT2D eigenvalue weighted by Crippen LogP contribution is 2.33. The molecule has 0 radical (unpaired) electrons. The van der Waals surface area contributed by atoms with E-state index in [9.17, 15) is 33.8 Å². The number of pyridine rings is 1. The van der Waals surface area contributed by atoms with Crippen molar-refractivity contribution in [3.63, 3.8) is 0 Å². The number of aliphatic hydroxyl groups is 1. The number of ketones is 1. The molecular weight excluding hydrogens is 397 g/mol. The number of aromatic hydroxyl groups is 1. The van der Waals surface area contributed by atoms with Crippen LogP contribution in [0.2, 0.25) is 0 Å². The summed E-state index contributed by atoms with van der Waals surface area (Å²) in [5.41, 5.74) is -1.36. The standard InChI is InChI=1S/C20H18FN3O6/c21-11-3-1-10(2-4-11)8-22-18(28)13-9-24-15(17(27)16(13)26)20(30)23-6-5-12(25)7-14(23)19(24)29/h1-4,9,14,19,27,29H,5-8H2,(H,22,28). The molecule has 0 bridgehead atoms. The third-order valence-electron chi connectivity index (χ3n) is 5.38. The van der Waals surface area contributed by atoms with Crippen molar-refractivity contribution in [3.8, 4) is 5.75 Å². The molecule has 1 aromatic carbocycles. The van der Waals surface area contributed by atoms with Crippen LogP contribution in [0.1, 0.15) is 45.5 Å². The van der Waals surface area contributed by atoms with Crippen molar-refractivity contribution in [2.45, 2.75) is 31.7 Å². The van der Waals surface area contributed by atoms with E-state index in [2.05, 4.69) is 5.32 Å². The zero-order valence-corrected chi connectivity index (χ0v) is 15.7. The van der Waals surface area contributed by atoms with Crippen molar-refractivity contribution in [1.82, 2.24) is 14.8 Å². The first-order chi connectivity index (χ1) is 14.3. The molecule has 1 aromatic heterocycles. The third kappa shape index (κ3) is 3.24. The second-order valence-corrected chi connectivity index (χ2v) is 7.26. The Morgan fingerprint density at radius 3 is 2.60 bits per heavy atom. The van der Waals surface area contributed by atoms with E-state index in [1.165, 1.54) is 29.2 Å². The summed E-state index contributed by atoms with van der Waals surface area (Å²) in [5, 5.41) is 23.5. The summed E-state index contributed by atoms with van der Waals surface area (Å²) in [6, 6.07) is 4.53. The maximum atomic E-state index is 13.0. The van der Waals surface area contributed by atoms with Crippen LogP contribution >= 0.6 is 0 Å². The topological polar surface area (TPSA) is 129 Å². The van der Waals surface area contributed by atoms with Gasteiger partial charge in [-0.1, -0.05) is 12.1 Å². The molecule has 2 atom stereocenters. The summed E-state index contributed by atoms with van der Waals surface area (Å²) in [5.74, 6) is -3.02. The fourth-order valence-electron chi connectivity index (χ4n) is 3.78. The van der Waals surface area contributed by atoms with E-state index in [-0.39, 0.29) is 31.7 Å². The van der Waals surface area contributed by atoms with E-state index in [0.29, 0.717) is 5.56 Å². The third-order valence-corrected chi connectivity index (χ3v) is 5.38. The molecule has 0 saturated carbocycles. The minimum atomic E-state index is -1.41. The van der Waals surface area contributed by atoms with Crippen molar-refractivity contribution >= 4 is 17.6 Å². The average molecular weight is 415 g/mol. The average Bonchev–Trinajstić information content (AvgIpc) is 2.73. The molecule has 1 saturated heterocycles. The van der Waals surface area contributed by atoms with E-state index in [0.717, 1.165) is 10.8 Å². The van der Waals surface area contributed by atoms with Crippen molar-refractivity contribution in [2.24, 2.45) is 0 Å². The summed E-state index contributed by atoms with van der Waals surface area (Å²) in [6.07, 6.45) is -0.331. The van der Waals surface area contributed by atoms with Gasteiger partial charge < -0.3 is 25.0 Å². The first kappa shape index (κ1) is 19.8. The fourth-order valence-corrected chi connectivity index (χ4v) is 3.78. The van der Waals surface area contributed by atoms with Crippen LogP contribution in [0.4, 0.5) is 4.39 Å². The zero-order valence-electron chi connectivity index (χ0n) is 15.7. The minimum Gasteiger partial charge on any atom is -0.503 e. The van der Waals surface area contributed by atoms with E-state index < -0.39 is 52.3 Å². The number of nitrogens with one attached hydrogen (secondary N) is 1. The Labute approximate surface area is 169 Å². The SMILES string of the molecule is O=C1CCN2C(=O)c3c(O)c(=O)c(C(=O)NCc4ccc(F)cc4)cn3C(O)C2C1. The molecule has 2 unspecified atom stereocenters. The molecule has 4 rings (SSSR count). The molecule has 3 N–H and O–H groups in total. The van der Waals surface area contributed by atoms with Crippen LogP contribution < -0.4 is 10.7 Å². The number of halogens is 1. The number of benzene rings is 1. The molecule has 0 aliphatic carbocycles. The molecule has 156 valence electrons. The molecule has 3 heterocycles. The molecule has 9 nitrogen and oxygen atoms in total. The zero-order chi connectivity index (χ0) is 21.6. The lowest BCUT2D eigenvalue weighted by atomic mass is 9.95. The number of piperidine rings is 1. The van der Waals surface area contributed by atoms with Crippen LogP contribution in [-0.4, -0.2) is 49.9 Å². The fraction of sp³-hybridized carbons (Fsp3) is 0.300. The van der Waals surface area contributed by atoms with Gasteiger partial charge in [0.15, 0.2) is 17.7 Å². The molecule has 2 amide bonds. The van der Waals surface area contributed by atoms with Crippen LogP contribution in [0.25, 0.3) is 0 Å². The van der Waals surface area contributed by atoms with Crippen molar-refractivity contribution in [3.05, 3.63) is 63.3 Å². The van der Waals surface area contributed by atoms with Gasteiger partial charge in [-0.15, -0.1) is 0 Å². The monoisotopic (exact) mass is 415 g/mol. The van der Waals surface area contributed by atoms with Gasteiger partial charge in [-0.25, -0.2) is 4.39 Å². The Bertz CT molecular complexity index is 1110. The van der Waals surface area contributed by atoms with Gasteiger partial charge in [0.2, 0.25) is 5.43 Å². The summed E-state index contributed by atoms with van der Waals surface area (Å²) >= 11 is 0. The van der Waals surface area contributed by atoms with E-state index in [1.54, 1.807) is 0 Å². The molecule has 10 heteroatoms. The number of nitrogens with zero attached hydrogens (tertiary/aromatic N) is 2. The van der Waals surface area contributed by atoms with Gasteiger partial charge in [0, 0.05) is 32.1 Å². The number of carbonyl (C=O) groups is 3. The number of carbonyl (C=O) groups excluding carboxylic acids is 3. The van der Waals surface area contributed by atoms with Gasteiger partial charge in [-0.2, -0.15) is 0 Å². The maximum Gasteiger partial charge on any atom is 0.275 e. The Hall–Kier alpha value is -3.53. The van der Waals surface area contributed by atoms with Gasteiger partial charge >= 0.3 is 0 Å². The second kappa shape index (κ2) is 7.38. The van der Waals surface area contributed by atoms with Gasteiger partial charge in [0.05, 0.1) is 6.04 Å². The largest absolute Gasteiger partial charge is 0.503 e. The van der Waals surface area contributed by atoms with Crippen molar-refractivity contribution in [1.29, 1.82) is 0 Å². The normalized spacial score (nSPS) is 20.5. The van der Waals surface area contributed by atoms with Crippen LogP contribution in [0, 0.1) is 5.82 Å². The summed E-state index contributed by atoms with van der Waals surface area (Å²) in [7, 11) is 0. The number of amides is 2. The highest BCUT2D eigenvalue weighted by Gasteiger charge is 2.44. The number of Topliss-reactive ketones (excluding diaryl/α,β-unsaturated/α-hetero) is 1. The molecular formula is C20H18FN3O6. The number of hydrogen-bond acceptors (Lipinski definition) is 6. The number of rotatable bonds is 3. The Balaban J connectivity index is 1.66. The quantitative estimate of drug-likeness (QED) is 0.662. The number of fused-ring (bicyclic) bond motifs is 2. The minimum absolute atomic E-state index is 0.00649. The van der Waals surface area contributed by atoms with Gasteiger partial charge in [0.1, 0.15) is 17.2 Å². The number of hydrogen-bond donors (Lipinski definition) is 3. The molecule has 2 aliphatic heterocycles. The predicted octanol–water partition coefficient (Wildman–Crippen LogP) is 0.301. The Kier molecular flexibility index (Phi) is 4.86. The predicted molar refractivity (Wildman–Crippen MR) is 100 cm³/mol. The number of aromatic nitrogens is 1. The van der Waals surface area contributed by atoms with E-state index >= 15 is 0 Å². The lowest BCUT2D eigenvalue weighted by Crippen LogP contribution is -2.55. The maximum absolute atomic E-state index is 13.0. The smallest absolute Gasteiger partial charge is 0.275 e. The first-order valence-corrected chi connectivity index (χ1v) is 9.29. The van der Waals surface area contributed by atoms with Gasteiger partial charge in [-0.3, -0.25) is 19.2 Å². The van der Waals surface area contributed by atoms with Crippen molar-refractivity contribution in [2.75, 3.05) is 6.54 Å². The summed E-state index contributed by atoms with van der Waals surface area (Å²) in [6.45, 7) is 0.0698.